The minimum Gasteiger partial charge on any atom is -0.507 e. The maximum Gasteiger partial charge on any atom is 0.343 e. The molecule has 0 aliphatic carbocycles. The van der Waals surface area contributed by atoms with Crippen molar-refractivity contribution >= 4 is 27.7 Å². The molecule has 0 spiro atoms. The van der Waals surface area contributed by atoms with Gasteiger partial charge in [-0.3, -0.25) is 15.2 Å². The number of piperazine rings is 1. The largest absolute Gasteiger partial charge is 0.507 e. The van der Waals surface area contributed by atoms with E-state index in [2.05, 4.69) is 20.5 Å². The zero-order chi connectivity index (χ0) is 22.8. The van der Waals surface area contributed by atoms with Gasteiger partial charge in [0.15, 0.2) is 0 Å². The number of phenolic OH excluding ortho intramolecular Hbond substituents is 1. The van der Waals surface area contributed by atoms with Gasteiger partial charge in [0.05, 0.1) is 6.04 Å². The summed E-state index contributed by atoms with van der Waals surface area (Å²) in [6, 6.07) is 11.1. The molecule has 0 amide bonds. The molecule has 1 fully saturated rings. The summed E-state index contributed by atoms with van der Waals surface area (Å²) in [7, 11) is 1.70. The molecule has 4 aromatic rings. The van der Waals surface area contributed by atoms with E-state index in [1.54, 1.807) is 19.4 Å². The summed E-state index contributed by atoms with van der Waals surface area (Å²) in [5, 5.41) is 19.9. The molecule has 170 valence electrons. The summed E-state index contributed by atoms with van der Waals surface area (Å²) in [5.41, 5.74) is 2.48. The van der Waals surface area contributed by atoms with Crippen LogP contribution in [0.4, 0.5) is 0 Å². The first-order valence-corrected chi connectivity index (χ1v) is 11.0. The van der Waals surface area contributed by atoms with E-state index in [1.807, 2.05) is 36.4 Å². The second kappa shape index (κ2) is 9.19. The highest BCUT2D eigenvalue weighted by molar-refractivity contribution is 6.16. The number of hydrogen-bond acceptors (Lipinski definition) is 8. The number of phenols is 1. The number of pyridine rings is 1. The Bertz CT molecular complexity index is 1280. The molecule has 1 saturated heterocycles. The fraction of sp³-hybridized carbons (Fsp3) is 0.280. The summed E-state index contributed by atoms with van der Waals surface area (Å²) in [6.07, 6.45) is 4.92. The lowest BCUT2D eigenvalue weighted by atomic mass is 9.89. The van der Waals surface area contributed by atoms with Crippen molar-refractivity contribution in [2.75, 3.05) is 40.0 Å². The monoisotopic (exact) mass is 446 g/mol. The average Bonchev–Trinajstić information content (AvgIpc) is 3.31. The van der Waals surface area contributed by atoms with Gasteiger partial charge in [-0.1, -0.05) is 24.3 Å². The van der Waals surface area contributed by atoms with Gasteiger partial charge >= 0.3 is 5.97 Å². The first-order chi connectivity index (χ1) is 16.2. The predicted molar refractivity (Wildman–Crippen MR) is 125 cm³/mol. The third-order valence-electron chi connectivity index (χ3n) is 6.12. The number of carbonyl (C=O) groups excluding carboxylic acids is 1. The van der Waals surface area contributed by atoms with Crippen molar-refractivity contribution in [2.24, 2.45) is 0 Å². The Balaban J connectivity index is 1.82. The van der Waals surface area contributed by atoms with Crippen LogP contribution in [0.3, 0.4) is 0 Å². The first kappa shape index (κ1) is 21.4. The Morgan fingerprint density at radius 2 is 1.94 bits per heavy atom. The number of aromatic hydroxyl groups is 1. The minimum atomic E-state index is -0.507. The smallest absolute Gasteiger partial charge is 0.343 e. The van der Waals surface area contributed by atoms with Crippen LogP contribution in [0.2, 0.25) is 0 Å². The van der Waals surface area contributed by atoms with Crippen LogP contribution in [0.1, 0.15) is 27.5 Å². The number of furan rings is 1. The second-order valence-electron chi connectivity index (χ2n) is 8.06. The van der Waals surface area contributed by atoms with Gasteiger partial charge in [-0.15, -0.1) is 0 Å². The molecule has 5 rings (SSSR count). The first-order valence-electron chi connectivity index (χ1n) is 11.0. The van der Waals surface area contributed by atoms with Crippen molar-refractivity contribution < 1.29 is 19.1 Å². The van der Waals surface area contributed by atoms with E-state index in [9.17, 15) is 9.90 Å². The van der Waals surface area contributed by atoms with Crippen molar-refractivity contribution in [3.8, 4) is 5.75 Å². The lowest BCUT2D eigenvalue weighted by Crippen LogP contribution is -2.45. The summed E-state index contributed by atoms with van der Waals surface area (Å²) < 4.78 is 11.3. The number of hydrogen-bond donors (Lipinski definition) is 3. The molecule has 8 heteroatoms. The third kappa shape index (κ3) is 3.82. The summed E-state index contributed by atoms with van der Waals surface area (Å²) in [5.74, 6) is -0.365. The third-order valence-corrected chi connectivity index (χ3v) is 6.12. The van der Waals surface area contributed by atoms with Crippen LogP contribution in [0.25, 0.3) is 21.7 Å². The van der Waals surface area contributed by atoms with Crippen LogP contribution in [0, 0.1) is 0 Å². The molecular formula is C25H26N4O4. The molecule has 33 heavy (non-hydrogen) atoms. The highest BCUT2D eigenvalue weighted by Crippen LogP contribution is 2.46. The zero-order valence-corrected chi connectivity index (χ0v) is 18.4. The molecule has 3 N–H and O–H groups in total. The van der Waals surface area contributed by atoms with Crippen molar-refractivity contribution in [1.29, 1.82) is 0 Å². The number of nitrogens with zero attached hydrogens (tertiary/aromatic N) is 2. The van der Waals surface area contributed by atoms with Crippen molar-refractivity contribution in [3.05, 3.63) is 71.7 Å². The Morgan fingerprint density at radius 3 is 2.67 bits per heavy atom. The molecule has 2 aromatic heterocycles. The number of fused-ring (bicyclic) bond motifs is 3. The quantitative estimate of drug-likeness (QED) is 0.307. The molecule has 0 saturated carbocycles. The van der Waals surface area contributed by atoms with Crippen molar-refractivity contribution in [2.45, 2.75) is 6.04 Å². The van der Waals surface area contributed by atoms with Crippen LogP contribution >= 0.6 is 0 Å². The Kier molecular flexibility index (Phi) is 5.95. The molecule has 8 nitrogen and oxygen atoms in total. The fourth-order valence-corrected chi connectivity index (χ4v) is 4.65. The van der Waals surface area contributed by atoms with Gasteiger partial charge in [0.1, 0.15) is 29.9 Å². The summed E-state index contributed by atoms with van der Waals surface area (Å²) >= 11 is 0. The Hall–Kier alpha value is -3.46. The summed E-state index contributed by atoms with van der Waals surface area (Å²) in [4.78, 5) is 19.5. The molecule has 1 aliphatic rings. The molecule has 1 atom stereocenters. The maximum absolute atomic E-state index is 13.0. The Morgan fingerprint density at radius 1 is 1.21 bits per heavy atom. The molecule has 1 aliphatic heterocycles. The zero-order valence-electron chi connectivity index (χ0n) is 18.4. The lowest BCUT2D eigenvalue weighted by molar-refractivity contribution is 0.0482. The van der Waals surface area contributed by atoms with Gasteiger partial charge in [-0.25, -0.2) is 4.79 Å². The molecular weight excluding hydrogens is 420 g/mol. The van der Waals surface area contributed by atoms with Crippen LogP contribution in [0.5, 0.6) is 5.75 Å². The maximum atomic E-state index is 13.0. The van der Waals surface area contributed by atoms with Crippen molar-refractivity contribution in [1.82, 2.24) is 20.5 Å². The normalized spacial score (nSPS) is 15.7. The number of benzene rings is 2. The van der Waals surface area contributed by atoms with Gasteiger partial charge in [-0.05, 0) is 24.7 Å². The topological polar surface area (TPSA) is 99.9 Å². The standard InChI is InChI=1S/C25H26N4O4/c1-26-15-33-25(31)19-14-32-24-18-5-3-2-4-17(18)23(30)21(20(19)24)22(16-6-8-27-9-7-16)29-12-10-28-11-13-29/h2-9,14,22,26,28,30H,10-13,15H2,1H3. The van der Waals surface area contributed by atoms with Gasteiger partial charge < -0.3 is 19.6 Å². The highest BCUT2D eigenvalue weighted by atomic mass is 16.5. The molecule has 3 heterocycles. The van der Waals surface area contributed by atoms with E-state index >= 15 is 0 Å². The van der Waals surface area contributed by atoms with E-state index < -0.39 is 5.97 Å². The summed E-state index contributed by atoms with van der Waals surface area (Å²) in [6.45, 7) is 3.32. The number of esters is 1. The van der Waals surface area contributed by atoms with E-state index in [0.29, 0.717) is 27.5 Å². The average molecular weight is 447 g/mol. The number of carbonyl (C=O) groups is 1. The number of ether oxygens (including phenoxy) is 1. The predicted octanol–water partition coefficient (Wildman–Crippen LogP) is 3.01. The molecule has 0 radical (unpaired) electrons. The van der Waals surface area contributed by atoms with Gasteiger partial charge in [0.25, 0.3) is 0 Å². The van der Waals surface area contributed by atoms with Crippen LogP contribution in [-0.2, 0) is 4.74 Å². The Labute approximate surface area is 191 Å². The van der Waals surface area contributed by atoms with Crippen LogP contribution < -0.4 is 10.6 Å². The van der Waals surface area contributed by atoms with Crippen LogP contribution in [0.15, 0.2) is 59.5 Å². The van der Waals surface area contributed by atoms with E-state index in [1.165, 1.54) is 6.26 Å². The fourth-order valence-electron chi connectivity index (χ4n) is 4.65. The molecule has 1 unspecified atom stereocenters. The lowest BCUT2D eigenvalue weighted by Gasteiger charge is -2.36. The van der Waals surface area contributed by atoms with Crippen LogP contribution in [-0.4, -0.2) is 60.9 Å². The van der Waals surface area contributed by atoms with Crippen molar-refractivity contribution in [3.63, 3.8) is 0 Å². The van der Waals surface area contributed by atoms with Gasteiger partial charge in [0.2, 0.25) is 0 Å². The highest BCUT2D eigenvalue weighted by Gasteiger charge is 2.33. The van der Waals surface area contributed by atoms with Gasteiger partial charge in [0, 0.05) is 60.3 Å². The number of rotatable bonds is 6. The van der Waals surface area contributed by atoms with E-state index in [4.69, 9.17) is 9.15 Å². The molecule has 0 bridgehead atoms. The number of nitrogens with one attached hydrogen (secondary N) is 2. The van der Waals surface area contributed by atoms with Gasteiger partial charge in [-0.2, -0.15) is 0 Å². The minimum absolute atomic E-state index is 0.0754. The van der Waals surface area contributed by atoms with E-state index in [-0.39, 0.29) is 18.5 Å². The molecule has 2 aromatic carbocycles. The number of aromatic nitrogens is 1. The SMILES string of the molecule is CNCOC(=O)c1coc2c1c(C(c1ccncc1)N1CCNCC1)c(O)c1ccccc12. The van der Waals surface area contributed by atoms with E-state index in [0.717, 1.165) is 37.1 Å². The second-order valence-corrected chi connectivity index (χ2v) is 8.06.